The Morgan fingerprint density at radius 1 is 1.12 bits per heavy atom. The predicted octanol–water partition coefficient (Wildman–Crippen LogP) is 4.25. The van der Waals surface area contributed by atoms with Crippen molar-refractivity contribution in [1.82, 2.24) is 9.78 Å². The van der Waals surface area contributed by atoms with Gasteiger partial charge in [0.1, 0.15) is 5.82 Å². The molecule has 0 spiro atoms. The number of anilines is 1. The zero-order valence-corrected chi connectivity index (χ0v) is 14.5. The van der Waals surface area contributed by atoms with Gasteiger partial charge in [-0.25, -0.2) is 4.39 Å². The molecule has 3 rings (SSSR count). The first kappa shape index (κ1) is 16.9. The van der Waals surface area contributed by atoms with Gasteiger partial charge < -0.3 is 5.32 Å². The van der Waals surface area contributed by atoms with Crippen LogP contribution < -0.4 is 5.32 Å². The number of carbonyl (C=O) groups excluding carboxylic acids is 1. The van der Waals surface area contributed by atoms with E-state index in [1.807, 2.05) is 48.9 Å². The first-order valence-electron chi connectivity index (χ1n) is 8.11. The molecule has 2 aromatic carbocycles. The van der Waals surface area contributed by atoms with Gasteiger partial charge in [0.15, 0.2) is 0 Å². The first-order valence-corrected chi connectivity index (χ1v) is 8.11. The lowest BCUT2D eigenvalue weighted by Crippen LogP contribution is -2.15. The number of hydrogen-bond donors (Lipinski definition) is 1. The van der Waals surface area contributed by atoms with Crippen LogP contribution in [0.1, 0.15) is 32.9 Å². The third kappa shape index (κ3) is 3.60. The molecule has 1 heterocycles. The van der Waals surface area contributed by atoms with Crippen molar-refractivity contribution in [2.24, 2.45) is 0 Å². The Balaban J connectivity index is 1.85. The summed E-state index contributed by atoms with van der Waals surface area (Å²) in [7, 11) is 0. The van der Waals surface area contributed by atoms with Crippen molar-refractivity contribution in [3.63, 3.8) is 0 Å². The molecule has 0 radical (unpaired) electrons. The van der Waals surface area contributed by atoms with E-state index in [0.29, 0.717) is 29.1 Å². The van der Waals surface area contributed by atoms with Gasteiger partial charge in [-0.05, 0) is 50.1 Å². The molecule has 4 nitrogen and oxygen atoms in total. The van der Waals surface area contributed by atoms with Gasteiger partial charge in [-0.3, -0.25) is 9.48 Å². The molecule has 0 bridgehead atoms. The molecule has 25 heavy (non-hydrogen) atoms. The Morgan fingerprint density at radius 3 is 2.52 bits per heavy atom. The quantitative estimate of drug-likeness (QED) is 0.774. The standard InChI is InChI=1S/C20H20FN3O/c1-13-11-17(21)9-10-18(13)22-20(25)19-14(2)23-24(15(19)3)12-16-7-5-4-6-8-16/h4-11H,12H2,1-3H3,(H,22,25). The third-order valence-electron chi connectivity index (χ3n) is 4.22. The molecule has 0 aliphatic heterocycles. The van der Waals surface area contributed by atoms with Gasteiger partial charge in [0, 0.05) is 11.4 Å². The molecule has 0 aliphatic rings. The summed E-state index contributed by atoms with van der Waals surface area (Å²) in [4.78, 5) is 12.7. The van der Waals surface area contributed by atoms with Gasteiger partial charge in [-0.15, -0.1) is 0 Å². The van der Waals surface area contributed by atoms with Crippen LogP contribution in [0.25, 0.3) is 0 Å². The van der Waals surface area contributed by atoms with Crippen LogP contribution in [0, 0.1) is 26.6 Å². The van der Waals surface area contributed by atoms with Crippen LogP contribution in [0.3, 0.4) is 0 Å². The molecule has 1 aromatic heterocycles. The Kier molecular flexibility index (Phi) is 4.65. The van der Waals surface area contributed by atoms with Crippen molar-refractivity contribution in [1.29, 1.82) is 0 Å². The lowest BCUT2D eigenvalue weighted by molar-refractivity contribution is 0.102. The summed E-state index contributed by atoms with van der Waals surface area (Å²) in [6.45, 7) is 6.07. The summed E-state index contributed by atoms with van der Waals surface area (Å²) in [6.07, 6.45) is 0. The zero-order chi connectivity index (χ0) is 18.0. The van der Waals surface area contributed by atoms with Crippen molar-refractivity contribution < 1.29 is 9.18 Å². The van der Waals surface area contributed by atoms with Crippen LogP contribution in [-0.4, -0.2) is 15.7 Å². The third-order valence-corrected chi connectivity index (χ3v) is 4.22. The number of amides is 1. The largest absolute Gasteiger partial charge is 0.322 e. The number of nitrogens with zero attached hydrogens (tertiary/aromatic N) is 2. The number of aromatic nitrogens is 2. The Labute approximate surface area is 146 Å². The number of carbonyl (C=O) groups is 1. The molecule has 0 fully saturated rings. The van der Waals surface area contributed by atoms with Crippen LogP contribution in [-0.2, 0) is 6.54 Å². The second kappa shape index (κ2) is 6.89. The van der Waals surface area contributed by atoms with Crippen molar-refractivity contribution in [3.8, 4) is 0 Å². The summed E-state index contributed by atoms with van der Waals surface area (Å²) < 4.78 is 15.1. The topological polar surface area (TPSA) is 46.9 Å². The van der Waals surface area contributed by atoms with Crippen molar-refractivity contribution in [3.05, 3.63) is 82.4 Å². The molecule has 1 N–H and O–H groups in total. The molecule has 3 aromatic rings. The van der Waals surface area contributed by atoms with Crippen LogP contribution in [0.2, 0.25) is 0 Å². The van der Waals surface area contributed by atoms with Gasteiger partial charge in [0.05, 0.1) is 17.8 Å². The maximum absolute atomic E-state index is 13.2. The Bertz CT molecular complexity index is 916. The number of hydrogen-bond acceptors (Lipinski definition) is 2. The van der Waals surface area contributed by atoms with Crippen LogP contribution in [0.15, 0.2) is 48.5 Å². The van der Waals surface area contributed by atoms with Gasteiger partial charge >= 0.3 is 0 Å². The number of halogens is 1. The second-order valence-corrected chi connectivity index (χ2v) is 6.10. The smallest absolute Gasteiger partial charge is 0.259 e. The maximum Gasteiger partial charge on any atom is 0.259 e. The van der Waals surface area contributed by atoms with Crippen LogP contribution in [0.4, 0.5) is 10.1 Å². The van der Waals surface area contributed by atoms with Crippen LogP contribution in [0.5, 0.6) is 0 Å². The summed E-state index contributed by atoms with van der Waals surface area (Å²) in [5, 5.41) is 7.35. The lowest BCUT2D eigenvalue weighted by Gasteiger charge is -2.09. The molecule has 0 saturated heterocycles. The van der Waals surface area contributed by atoms with Gasteiger partial charge in [0.25, 0.3) is 5.91 Å². The fourth-order valence-corrected chi connectivity index (χ4v) is 2.89. The lowest BCUT2D eigenvalue weighted by atomic mass is 10.1. The highest BCUT2D eigenvalue weighted by atomic mass is 19.1. The molecule has 1 amide bonds. The average Bonchev–Trinajstić information content (AvgIpc) is 2.85. The summed E-state index contributed by atoms with van der Waals surface area (Å²) in [5.41, 5.74) is 4.43. The molecule has 0 atom stereocenters. The maximum atomic E-state index is 13.2. The zero-order valence-electron chi connectivity index (χ0n) is 14.5. The second-order valence-electron chi connectivity index (χ2n) is 6.10. The minimum Gasteiger partial charge on any atom is -0.322 e. The Morgan fingerprint density at radius 2 is 1.84 bits per heavy atom. The van der Waals surface area contributed by atoms with E-state index in [-0.39, 0.29) is 11.7 Å². The summed E-state index contributed by atoms with van der Waals surface area (Å²) in [6, 6.07) is 14.3. The number of benzene rings is 2. The normalized spacial score (nSPS) is 10.7. The molecule has 0 aliphatic carbocycles. The first-order chi connectivity index (χ1) is 12.0. The summed E-state index contributed by atoms with van der Waals surface area (Å²) in [5.74, 6) is -0.553. The highest BCUT2D eigenvalue weighted by Gasteiger charge is 2.19. The van der Waals surface area contributed by atoms with E-state index in [9.17, 15) is 9.18 Å². The van der Waals surface area contributed by atoms with E-state index in [1.54, 1.807) is 13.0 Å². The molecule has 128 valence electrons. The highest BCUT2D eigenvalue weighted by Crippen LogP contribution is 2.20. The number of aryl methyl sites for hydroxylation is 2. The van der Waals surface area contributed by atoms with Gasteiger partial charge in [0.2, 0.25) is 0 Å². The van der Waals surface area contributed by atoms with E-state index in [1.165, 1.54) is 12.1 Å². The fraction of sp³-hybridized carbons (Fsp3) is 0.200. The Hall–Kier alpha value is -2.95. The van der Waals surface area contributed by atoms with Crippen molar-refractivity contribution in [2.75, 3.05) is 5.32 Å². The number of nitrogens with one attached hydrogen (secondary N) is 1. The highest BCUT2D eigenvalue weighted by molar-refractivity contribution is 6.06. The fourth-order valence-electron chi connectivity index (χ4n) is 2.89. The van der Waals surface area contributed by atoms with E-state index in [0.717, 1.165) is 11.3 Å². The average molecular weight is 337 g/mol. The van der Waals surface area contributed by atoms with Crippen LogP contribution >= 0.6 is 0 Å². The molecule has 0 unspecified atom stereocenters. The predicted molar refractivity (Wildman–Crippen MR) is 96.3 cm³/mol. The minimum absolute atomic E-state index is 0.232. The van der Waals surface area contributed by atoms with E-state index < -0.39 is 0 Å². The molecule has 0 saturated carbocycles. The summed E-state index contributed by atoms with van der Waals surface area (Å²) >= 11 is 0. The van der Waals surface area contributed by atoms with E-state index in [2.05, 4.69) is 10.4 Å². The minimum atomic E-state index is -0.321. The molecular weight excluding hydrogens is 317 g/mol. The van der Waals surface area contributed by atoms with Crippen molar-refractivity contribution in [2.45, 2.75) is 27.3 Å². The SMILES string of the molecule is Cc1cc(F)ccc1NC(=O)c1c(C)nn(Cc2ccccc2)c1C. The van der Waals surface area contributed by atoms with Gasteiger partial charge in [-0.1, -0.05) is 30.3 Å². The van der Waals surface area contributed by atoms with Gasteiger partial charge in [-0.2, -0.15) is 5.10 Å². The monoisotopic (exact) mass is 337 g/mol. The number of rotatable bonds is 4. The molecule has 5 heteroatoms. The van der Waals surface area contributed by atoms with E-state index in [4.69, 9.17) is 0 Å². The van der Waals surface area contributed by atoms with Crippen molar-refractivity contribution >= 4 is 11.6 Å². The van der Waals surface area contributed by atoms with E-state index >= 15 is 0 Å². The molecular formula is C20H20FN3O.